The molecule has 2 aromatic rings. The molecule has 5 heteroatoms. The van der Waals surface area contributed by atoms with Gasteiger partial charge in [0.2, 0.25) is 0 Å². The SMILES string of the molecule is CCCNc1nc(-c2ccc(F)cn2)nc(C)c1C(C)C. The Morgan fingerprint density at radius 2 is 2.00 bits per heavy atom. The third kappa shape index (κ3) is 3.54. The highest BCUT2D eigenvalue weighted by atomic mass is 19.1. The molecule has 0 amide bonds. The highest BCUT2D eigenvalue weighted by Crippen LogP contribution is 2.27. The van der Waals surface area contributed by atoms with Crippen molar-refractivity contribution in [1.82, 2.24) is 15.0 Å². The van der Waals surface area contributed by atoms with Crippen molar-refractivity contribution in [3.8, 4) is 11.5 Å². The molecule has 0 bridgehead atoms. The van der Waals surface area contributed by atoms with Gasteiger partial charge in [0.1, 0.15) is 17.3 Å². The quantitative estimate of drug-likeness (QED) is 0.905. The van der Waals surface area contributed by atoms with E-state index in [2.05, 4.69) is 41.0 Å². The Balaban J connectivity index is 2.48. The first-order valence-electron chi connectivity index (χ1n) is 7.27. The van der Waals surface area contributed by atoms with Crippen LogP contribution in [-0.4, -0.2) is 21.5 Å². The summed E-state index contributed by atoms with van der Waals surface area (Å²) in [7, 11) is 0. The van der Waals surface area contributed by atoms with E-state index in [4.69, 9.17) is 0 Å². The fourth-order valence-electron chi connectivity index (χ4n) is 2.27. The number of nitrogens with one attached hydrogen (secondary N) is 1. The topological polar surface area (TPSA) is 50.7 Å². The van der Waals surface area contributed by atoms with Crippen molar-refractivity contribution in [2.45, 2.75) is 40.0 Å². The summed E-state index contributed by atoms with van der Waals surface area (Å²) >= 11 is 0. The van der Waals surface area contributed by atoms with Gasteiger partial charge in [0, 0.05) is 17.8 Å². The summed E-state index contributed by atoms with van der Waals surface area (Å²) < 4.78 is 13.0. The van der Waals surface area contributed by atoms with Gasteiger partial charge < -0.3 is 5.32 Å². The fraction of sp³-hybridized carbons (Fsp3) is 0.438. The average Bonchev–Trinajstić information content (AvgIpc) is 2.44. The van der Waals surface area contributed by atoms with Gasteiger partial charge in [0.15, 0.2) is 5.82 Å². The molecule has 0 aliphatic heterocycles. The van der Waals surface area contributed by atoms with Crippen LogP contribution in [0.3, 0.4) is 0 Å². The normalized spacial score (nSPS) is 11.0. The van der Waals surface area contributed by atoms with Gasteiger partial charge in [0.25, 0.3) is 0 Å². The molecule has 21 heavy (non-hydrogen) atoms. The Morgan fingerprint density at radius 1 is 1.24 bits per heavy atom. The molecule has 2 aromatic heterocycles. The van der Waals surface area contributed by atoms with Crippen molar-refractivity contribution < 1.29 is 4.39 Å². The van der Waals surface area contributed by atoms with Gasteiger partial charge in [-0.25, -0.2) is 19.3 Å². The number of halogens is 1. The average molecular weight is 288 g/mol. The lowest BCUT2D eigenvalue weighted by atomic mass is 10.0. The number of rotatable bonds is 5. The Labute approximate surface area is 124 Å². The Hall–Kier alpha value is -2.04. The van der Waals surface area contributed by atoms with Crippen molar-refractivity contribution in [1.29, 1.82) is 0 Å². The van der Waals surface area contributed by atoms with Gasteiger partial charge in [-0.05, 0) is 31.4 Å². The summed E-state index contributed by atoms with van der Waals surface area (Å²) in [5, 5.41) is 3.35. The predicted molar refractivity (Wildman–Crippen MR) is 82.8 cm³/mol. The number of hydrogen-bond acceptors (Lipinski definition) is 4. The maximum absolute atomic E-state index is 13.0. The maximum atomic E-state index is 13.0. The predicted octanol–water partition coefficient (Wildman–Crippen LogP) is 3.93. The highest BCUT2D eigenvalue weighted by Gasteiger charge is 2.15. The van der Waals surface area contributed by atoms with Crippen molar-refractivity contribution in [2.24, 2.45) is 0 Å². The van der Waals surface area contributed by atoms with E-state index in [1.54, 1.807) is 6.07 Å². The second-order valence-electron chi connectivity index (χ2n) is 5.34. The summed E-state index contributed by atoms with van der Waals surface area (Å²) in [5.41, 5.74) is 2.63. The molecule has 0 aliphatic rings. The number of pyridine rings is 1. The zero-order valence-corrected chi connectivity index (χ0v) is 12.9. The van der Waals surface area contributed by atoms with Crippen molar-refractivity contribution in [2.75, 3.05) is 11.9 Å². The molecule has 0 radical (unpaired) electrons. The molecule has 0 atom stereocenters. The van der Waals surface area contributed by atoms with Gasteiger partial charge >= 0.3 is 0 Å². The number of aryl methyl sites for hydroxylation is 1. The van der Waals surface area contributed by atoms with E-state index >= 15 is 0 Å². The minimum absolute atomic E-state index is 0.333. The number of aromatic nitrogens is 3. The summed E-state index contributed by atoms with van der Waals surface area (Å²) in [6, 6.07) is 2.97. The number of anilines is 1. The van der Waals surface area contributed by atoms with Gasteiger partial charge in [0.05, 0.1) is 6.20 Å². The highest BCUT2D eigenvalue weighted by molar-refractivity contribution is 5.57. The van der Waals surface area contributed by atoms with Crippen LogP contribution >= 0.6 is 0 Å². The maximum Gasteiger partial charge on any atom is 0.180 e. The van der Waals surface area contributed by atoms with Crippen LogP contribution in [0.4, 0.5) is 10.2 Å². The first-order valence-corrected chi connectivity index (χ1v) is 7.27. The largest absolute Gasteiger partial charge is 0.370 e. The van der Waals surface area contributed by atoms with Crippen molar-refractivity contribution in [3.05, 3.63) is 35.4 Å². The lowest BCUT2D eigenvalue weighted by Gasteiger charge is -2.16. The van der Waals surface area contributed by atoms with Crippen LogP contribution in [0.5, 0.6) is 0 Å². The van der Waals surface area contributed by atoms with Gasteiger partial charge in [-0.15, -0.1) is 0 Å². The minimum Gasteiger partial charge on any atom is -0.370 e. The first kappa shape index (κ1) is 15.4. The molecular weight excluding hydrogens is 267 g/mol. The molecule has 2 heterocycles. The lowest BCUT2D eigenvalue weighted by Crippen LogP contribution is -2.11. The number of hydrogen-bond donors (Lipinski definition) is 1. The smallest absolute Gasteiger partial charge is 0.180 e. The van der Waals surface area contributed by atoms with E-state index in [0.717, 1.165) is 30.0 Å². The second-order valence-corrected chi connectivity index (χ2v) is 5.34. The van der Waals surface area contributed by atoms with E-state index in [9.17, 15) is 4.39 Å². The first-order chi connectivity index (χ1) is 10.0. The monoisotopic (exact) mass is 288 g/mol. The Kier molecular flexibility index (Phi) is 4.83. The molecule has 1 N–H and O–H groups in total. The van der Waals surface area contributed by atoms with Crippen molar-refractivity contribution in [3.63, 3.8) is 0 Å². The zero-order chi connectivity index (χ0) is 15.4. The molecular formula is C16H21FN4. The molecule has 0 aliphatic carbocycles. The van der Waals surface area contributed by atoms with Crippen LogP contribution in [0.15, 0.2) is 18.3 Å². The molecule has 0 aromatic carbocycles. The van der Waals surface area contributed by atoms with E-state index in [0.29, 0.717) is 17.4 Å². The van der Waals surface area contributed by atoms with Crippen LogP contribution in [0.25, 0.3) is 11.5 Å². The van der Waals surface area contributed by atoms with E-state index < -0.39 is 0 Å². The standard InChI is InChI=1S/C16H21FN4/c1-5-8-18-16-14(10(2)3)11(4)20-15(21-16)13-7-6-12(17)9-19-13/h6-7,9-10H,5,8H2,1-4H3,(H,18,20,21). The van der Waals surface area contributed by atoms with Crippen LogP contribution in [0, 0.1) is 12.7 Å². The molecule has 4 nitrogen and oxygen atoms in total. The van der Waals surface area contributed by atoms with Crippen molar-refractivity contribution >= 4 is 5.82 Å². The molecule has 0 fully saturated rings. The third-order valence-corrected chi connectivity index (χ3v) is 3.21. The van der Waals surface area contributed by atoms with Crippen LogP contribution in [0.1, 0.15) is 44.4 Å². The van der Waals surface area contributed by atoms with Gasteiger partial charge in [-0.1, -0.05) is 20.8 Å². The van der Waals surface area contributed by atoms with E-state index in [1.807, 2.05) is 6.92 Å². The lowest BCUT2D eigenvalue weighted by molar-refractivity contribution is 0.621. The van der Waals surface area contributed by atoms with Gasteiger partial charge in [-0.2, -0.15) is 0 Å². The van der Waals surface area contributed by atoms with Crippen LogP contribution in [-0.2, 0) is 0 Å². The second kappa shape index (κ2) is 6.61. The Morgan fingerprint density at radius 3 is 2.57 bits per heavy atom. The minimum atomic E-state index is -0.362. The molecule has 0 saturated heterocycles. The van der Waals surface area contributed by atoms with E-state index in [1.165, 1.54) is 12.3 Å². The molecule has 112 valence electrons. The summed E-state index contributed by atoms with van der Waals surface area (Å²) in [6.45, 7) is 9.18. The van der Waals surface area contributed by atoms with Crippen LogP contribution < -0.4 is 5.32 Å². The summed E-state index contributed by atoms with van der Waals surface area (Å²) in [4.78, 5) is 13.2. The zero-order valence-electron chi connectivity index (χ0n) is 12.9. The number of nitrogens with zero attached hydrogens (tertiary/aromatic N) is 3. The third-order valence-electron chi connectivity index (χ3n) is 3.21. The summed E-state index contributed by atoms with van der Waals surface area (Å²) in [5.74, 6) is 1.34. The van der Waals surface area contributed by atoms with E-state index in [-0.39, 0.29) is 5.82 Å². The fourth-order valence-corrected chi connectivity index (χ4v) is 2.27. The molecule has 0 unspecified atom stereocenters. The van der Waals surface area contributed by atoms with Crippen LogP contribution in [0.2, 0.25) is 0 Å². The Bertz CT molecular complexity index is 608. The molecule has 0 spiro atoms. The summed E-state index contributed by atoms with van der Waals surface area (Å²) in [6.07, 6.45) is 2.20. The molecule has 2 rings (SSSR count). The van der Waals surface area contributed by atoms with Gasteiger partial charge in [-0.3, -0.25) is 0 Å². The molecule has 0 saturated carbocycles.